The molecule has 0 bridgehead atoms. The third-order valence-corrected chi connectivity index (χ3v) is 4.92. The highest BCUT2D eigenvalue weighted by Gasteiger charge is 2.21. The van der Waals surface area contributed by atoms with Gasteiger partial charge >= 0.3 is 0 Å². The second-order valence-electron chi connectivity index (χ2n) is 5.84. The van der Waals surface area contributed by atoms with E-state index in [4.69, 9.17) is 16.3 Å². The number of nitrogens with one attached hydrogen (secondary N) is 1. The first-order valence-corrected chi connectivity index (χ1v) is 9.77. The fourth-order valence-corrected chi connectivity index (χ4v) is 3.48. The maximum atomic E-state index is 6.08. The second-order valence-corrected chi connectivity index (χ2v) is 7.05. The van der Waals surface area contributed by atoms with Gasteiger partial charge in [0, 0.05) is 17.3 Å². The van der Waals surface area contributed by atoms with Crippen molar-refractivity contribution in [3.8, 4) is 0 Å². The van der Waals surface area contributed by atoms with Crippen molar-refractivity contribution in [1.29, 1.82) is 0 Å². The van der Waals surface area contributed by atoms with Crippen LogP contribution in [-0.2, 0) is 4.74 Å². The van der Waals surface area contributed by atoms with Crippen LogP contribution in [0.15, 0.2) is 35.7 Å². The summed E-state index contributed by atoms with van der Waals surface area (Å²) in [7, 11) is 0. The summed E-state index contributed by atoms with van der Waals surface area (Å²) >= 11 is 7.58. The van der Waals surface area contributed by atoms with Gasteiger partial charge in [0.15, 0.2) is 22.1 Å². The maximum absolute atomic E-state index is 6.08. The van der Waals surface area contributed by atoms with Crippen LogP contribution in [0, 0.1) is 0 Å². The molecule has 0 saturated carbocycles. The van der Waals surface area contributed by atoms with Gasteiger partial charge in [-0.15, -0.1) is 0 Å². The lowest BCUT2D eigenvalue weighted by Gasteiger charge is -2.23. The lowest BCUT2D eigenvalue weighted by molar-refractivity contribution is -0.0298. The number of anilines is 2. The smallest absolute Gasteiger partial charge is 0.191 e. The Labute approximate surface area is 155 Å². The molecule has 25 heavy (non-hydrogen) atoms. The second kappa shape index (κ2) is 7.19. The number of thioether (sulfide) groups is 1. The molecule has 1 aliphatic heterocycles. The van der Waals surface area contributed by atoms with Gasteiger partial charge in [-0.05, 0) is 43.7 Å². The molecule has 0 amide bonds. The van der Waals surface area contributed by atoms with Gasteiger partial charge < -0.3 is 10.1 Å². The third-order valence-electron chi connectivity index (χ3n) is 4.14. The number of halogens is 1. The first kappa shape index (κ1) is 16.6. The molecule has 1 unspecified atom stereocenters. The normalized spacial score (nSPS) is 17.8. The molecule has 4 rings (SSSR count). The Bertz CT molecular complexity index is 894. The van der Waals surface area contributed by atoms with E-state index in [0.29, 0.717) is 16.0 Å². The van der Waals surface area contributed by atoms with Crippen LogP contribution in [0.5, 0.6) is 0 Å². The average molecular weight is 376 g/mol. The van der Waals surface area contributed by atoms with Gasteiger partial charge in [0.05, 0.1) is 6.33 Å². The molecule has 0 spiro atoms. The van der Waals surface area contributed by atoms with E-state index >= 15 is 0 Å². The van der Waals surface area contributed by atoms with Crippen LogP contribution in [0.1, 0.15) is 25.5 Å². The van der Waals surface area contributed by atoms with E-state index < -0.39 is 0 Å². The van der Waals surface area contributed by atoms with Crippen molar-refractivity contribution < 1.29 is 4.74 Å². The van der Waals surface area contributed by atoms with Crippen molar-refractivity contribution in [2.75, 3.05) is 18.2 Å². The number of hydrogen-bond acceptors (Lipinski definition) is 6. The van der Waals surface area contributed by atoms with Crippen LogP contribution in [0.4, 0.5) is 11.5 Å². The van der Waals surface area contributed by atoms with E-state index in [0.717, 1.165) is 42.7 Å². The molecule has 3 heterocycles. The molecule has 1 saturated heterocycles. The predicted molar refractivity (Wildman–Crippen MR) is 101 cm³/mol. The van der Waals surface area contributed by atoms with Gasteiger partial charge in [0.2, 0.25) is 0 Å². The minimum absolute atomic E-state index is 0.0117. The van der Waals surface area contributed by atoms with E-state index in [1.165, 1.54) is 11.8 Å². The summed E-state index contributed by atoms with van der Waals surface area (Å²) in [5.74, 6) is 0.672. The van der Waals surface area contributed by atoms with Gasteiger partial charge in [-0.1, -0.05) is 29.4 Å². The molecule has 1 aliphatic rings. The monoisotopic (exact) mass is 375 g/mol. The lowest BCUT2D eigenvalue weighted by Crippen LogP contribution is -2.17. The minimum Gasteiger partial charge on any atom is -0.358 e. The Morgan fingerprint density at radius 3 is 3.00 bits per heavy atom. The largest absolute Gasteiger partial charge is 0.358 e. The highest BCUT2D eigenvalue weighted by Crippen LogP contribution is 2.30. The van der Waals surface area contributed by atoms with Gasteiger partial charge in [0.1, 0.15) is 6.23 Å². The van der Waals surface area contributed by atoms with Crippen LogP contribution in [0.3, 0.4) is 0 Å². The molecule has 130 valence electrons. The van der Waals surface area contributed by atoms with Gasteiger partial charge in [-0.25, -0.2) is 15.0 Å². The molecule has 1 aromatic carbocycles. The number of ether oxygens (including phenoxy) is 1. The molecule has 0 radical (unpaired) electrons. The number of fused-ring (bicyclic) bond motifs is 1. The summed E-state index contributed by atoms with van der Waals surface area (Å²) in [5.41, 5.74) is 2.38. The first-order chi connectivity index (χ1) is 12.2. The lowest BCUT2D eigenvalue weighted by atomic mass is 10.2. The van der Waals surface area contributed by atoms with E-state index in [-0.39, 0.29) is 6.23 Å². The molecule has 6 nitrogen and oxygen atoms in total. The molecular weight excluding hydrogens is 358 g/mol. The van der Waals surface area contributed by atoms with Crippen molar-refractivity contribution in [2.24, 2.45) is 0 Å². The summed E-state index contributed by atoms with van der Waals surface area (Å²) in [4.78, 5) is 13.8. The Kier molecular flexibility index (Phi) is 4.78. The number of hydrogen-bond donors (Lipinski definition) is 1. The number of aromatic nitrogens is 4. The van der Waals surface area contributed by atoms with Crippen LogP contribution < -0.4 is 5.32 Å². The zero-order valence-corrected chi connectivity index (χ0v) is 15.3. The molecule has 3 aromatic rings. The molecule has 1 N–H and O–H groups in total. The van der Waals surface area contributed by atoms with Crippen LogP contribution in [0.2, 0.25) is 5.02 Å². The molecule has 8 heteroatoms. The SMILES string of the molecule is CSc1nc(Nc2cccc(Cl)c2)c2ncn(C3CCCCO3)c2n1. The Morgan fingerprint density at radius 2 is 2.24 bits per heavy atom. The highest BCUT2D eigenvalue weighted by molar-refractivity contribution is 7.98. The Balaban J connectivity index is 1.77. The number of nitrogens with zero attached hydrogens (tertiary/aromatic N) is 4. The first-order valence-electron chi connectivity index (χ1n) is 8.17. The van der Waals surface area contributed by atoms with E-state index in [1.807, 2.05) is 35.1 Å². The topological polar surface area (TPSA) is 64.9 Å². The summed E-state index contributed by atoms with van der Waals surface area (Å²) in [6.45, 7) is 0.776. The van der Waals surface area contributed by atoms with Crippen LogP contribution >= 0.6 is 23.4 Å². The van der Waals surface area contributed by atoms with E-state index in [2.05, 4.69) is 20.3 Å². The van der Waals surface area contributed by atoms with E-state index in [9.17, 15) is 0 Å². The number of imidazole rings is 1. The van der Waals surface area contributed by atoms with Crippen molar-refractivity contribution >= 4 is 46.0 Å². The third kappa shape index (κ3) is 3.44. The van der Waals surface area contributed by atoms with Crippen molar-refractivity contribution in [1.82, 2.24) is 19.5 Å². The quantitative estimate of drug-likeness (QED) is 0.529. The highest BCUT2D eigenvalue weighted by atomic mass is 35.5. The molecule has 2 aromatic heterocycles. The van der Waals surface area contributed by atoms with Crippen LogP contribution in [0.25, 0.3) is 11.2 Å². The van der Waals surface area contributed by atoms with Crippen LogP contribution in [-0.4, -0.2) is 32.4 Å². The Morgan fingerprint density at radius 1 is 1.32 bits per heavy atom. The average Bonchev–Trinajstić information content (AvgIpc) is 3.06. The van der Waals surface area contributed by atoms with Gasteiger partial charge in [0.25, 0.3) is 0 Å². The summed E-state index contributed by atoms with van der Waals surface area (Å²) < 4.78 is 7.91. The molecule has 0 aliphatic carbocycles. The minimum atomic E-state index is -0.0117. The maximum Gasteiger partial charge on any atom is 0.191 e. The van der Waals surface area contributed by atoms with Gasteiger partial charge in [-0.3, -0.25) is 4.57 Å². The fraction of sp³-hybridized carbons (Fsp3) is 0.353. The summed E-state index contributed by atoms with van der Waals surface area (Å²) in [5, 5.41) is 4.67. The number of rotatable bonds is 4. The molecule has 1 fully saturated rings. The predicted octanol–water partition coefficient (Wildman–Crippen LogP) is 4.64. The summed E-state index contributed by atoms with van der Waals surface area (Å²) in [6, 6.07) is 7.53. The Hall–Kier alpha value is -1.83. The standard InChI is InChI=1S/C17H18ClN5OS/c1-25-17-21-15(20-12-6-4-5-11(18)9-12)14-16(22-17)23(10-19-14)13-7-2-3-8-24-13/h4-6,9-10,13H,2-3,7-8H2,1H3,(H,20,21,22). The van der Waals surface area contributed by atoms with Crippen molar-refractivity contribution in [3.63, 3.8) is 0 Å². The number of benzene rings is 1. The zero-order chi connectivity index (χ0) is 17.2. The van der Waals surface area contributed by atoms with Gasteiger partial charge in [-0.2, -0.15) is 0 Å². The zero-order valence-electron chi connectivity index (χ0n) is 13.8. The molecule has 1 atom stereocenters. The van der Waals surface area contributed by atoms with Crippen molar-refractivity contribution in [2.45, 2.75) is 30.6 Å². The van der Waals surface area contributed by atoms with E-state index in [1.54, 1.807) is 6.33 Å². The summed E-state index contributed by atoms with van der Waals surface area (Å²) in [6.07, 6.45) is 6.97. The fourth-order valence-electron chi connectivity index (χ4n) is 2.93. The molecular formula is C17H18ClN5OS. The van der Waals surface area contributed by atoms with Crippen molar-refractivity contribution in [3.05, 3.63) is 35.6 Å².